The normalized spacial score (nSPS) is 14.8. The summed E-state index contributed by atoms with van der Waals surface area (Å²) >= 11 is 0. The number of piperidine rings is 1. The molecule has 0 amide bonds. The fourth-order valence-corrected chi connectivity index (χ4v) is 2.91. The summed E-state index contributed by atoms with van der Waals surface area (Å²) in [5.74, 6) is 1.39. The summed E-state index contributed by atoms with van der Waals surface area (Å²) in [5.41, 5.74) is 1.34. The molecule has 0 saturated carbocycles. The Labute approximate surface area is 139 Å². The molecular weight excluding hydrogens is 307 g/mol. The van der Waals surface area contributed by atoms with Gasteiger partial charge in [-0.2, -0.15) is 4.98 Å². The molecule has 6 heteroatoms. The summed E-state index contributed by atoms with van der Waals surface area (Å²) in [5, 5.41) is 3.93. The highest BCUT2D eigenvalue weighted by atomic mass is 19.1. The van der Waals surface area contributed by atoms with E-state index in [0.717, 1.165) is 24.5 Å². The number of rotatable bonds is 3. The van der Waals surface area contributed by atoms with Crippen molar-refractivity contribution in [2.75, 3.05) is 18.0 Å². The fraction of sp³-hybridized carbons (Fsp3) is 0.278. The van der Waals surface area contributed by atoms with Gasteiger partial charge in [-0.3, -0.25) is 0 Å². The van der Waals surface area contributed by atoms with Gasteiger partial charge in [0.25, 0.3) is 5.89 Å². The van der Waals surface area contributed by atoms with E-state index in [9.17, 15) is 4.39 Å². The zero-order chi connectivity index (χ0) is 16.4. The molecule has 1 saturated heterocycles. The van der Waals surface area contributed by atoms with Gasteiger partial charge >= 0.3 is 0 Å². The number of aromatic nitrogens is 3. The Bertz CT molecular complexity index is 825. The molecule has 3 heterocycles. The molecule has 0 radical (unpaired) electrons. The van der Waals surface area contributed by atoms with E-state index in [4.69, 9.17) is 4.52 Å². The zero-order valence-corrected chi connectivity index (χ0v) is 13.2. The van der Waals surface area contributed by atoms with Gasteiger partial charge in [0.1, 0.15) is 11.6 Å². The van der Waals surface area contributed by atoms with Crippen molar-refractivity contribution in [2.24, 2.45) is 0 Å². The van der Waals surface area contributed by atoms with Crippen LogP contribution in [0.25, 0.3) is 22.8 Å². The largest absolute Gasteiger partial charge is 0.357 e. The molecule has 5 nitrogen and oxygen atoms in total. The molecular formula is C18H17FN4O. The quantitative estimate of drug-likeness (QED) is 0.730. The van der Waals surface area contributed by atoms with Crippen molar-refractivity contribution in [1.29, 1.82) is 0 Å². The van der Waals surface area contributed by atoms with Gasteiger partial charge in [-0.05, 0) is 43.5 Å². The molecule has 122 valence electrons. The van der Waals surface area contributed by atoms with Crippen LogP contribution in [0.3, 0.4) is 0 Å². The van der Waals surface area contributed by atoms with Crippen molar-refractivity contribution < 1.29 is 8.91 Å². The highest BCUT2D eigenvalue weighted by Crippen LogP contribution is 2.24. The first kappa shape index (κ1) is 14.8. The molecule has 1 fully saturated rings. The molecule has 1 aliphatic heterocycles. The summed E-state index contributed by atoms with van der Waals surface area (Å²) in [4.78, 5) is 11.1. The lowest BCUT2D eigenvalue weighted by atomic mass is 10.1. The SMILES string of the molecule is Fc1cccc(-c2noc(-c3ccc(N4CCCCC4)nc3)n2)c1. The highest BCUT2D eigenvalue weighted by molar-refractivity contribution is 5.60. The predicted molar refractivity (Wildman–Crippen MR) is 89.0 cm³/mol. The molecule has 3 aromatic rings. The van der Waals surface area contributed by atoms with Gasteiger partial charge in [-0.15, -0.1) is 0 Å². The maximum atomic E-state index is 13.3. The van der Waals surface area contributed by atoms with Crippen LogP contribution in [-0.4, -0.2) is 28.2 Å². The van der Waals surface area contributed by atoms with E-state index in [1.54, 1.807) is 18.3 Å². The molecule has 1 aromatic carbocycles. The van der Waals surface area contributed by atoms with E-state index in [1.165, 1.54) is 31.4 Å². The van der Waals surface area contributed by atoms with Gasteiger partial charge in [-0.25, -0.2) is 9.37 Å². The van der Waals surface area contributed by atoms with Crippen molar-refractivity contribution in [3.8, 4) is 22.8 Å². The number of nitrogens with zero attached hydrogens (tertiary/aromatic N) is 4. The van der Waals surface area contributed by atoms with Crippen molar-refractivity contribution in [3.05, 3.63) is 48.4 Å². The number of hydrogen-bond donors (Lipinski definition) is 0. The van der Waals surface area contributed by atoms with Crippen LogP contribution in [-0.2, 0) is 0 Å². The smallest absolute Gasteiger partial charge is 0.259 e. The van der Waals surface area contributed by atoms with E-state index in [-0.39, 0.29) is 5.82 Å². The van der Waals surface area contributed by atoms with Crippen LogP contribution in [0.5, 0.6) is 0 Å². The molecule has 1 aliphatic rings. The Morgan fingerprint density at radius 3 is 2.62 bits per heavy atom. The van der Waals surface area contributed by atoms with E-state index < -0.39 is 0 Å². The summed E-state index contributed by atoms with van der Waals surface area (Å²) in [6.45, 7) is 2.10. The van der Waals surface area contributed by atoms with E-state index in [2.05, 4.69) is 20.0 Å². The minimum atomic E-state index is -0.327. The lowest BCUT2D eigenvalue weighted by Gasteiger charge is -2.27. The second kappa shape index (κ2) is 6.39. The first-order valence-corrected chi connectivity index (χ1v) is 8.11. The average Bonchev–Trinajstić information content (AvgIpc) is 3.13. The molecule has 0 aliphatic carbocycles. The summed E-state index contributed by atoms with van der Waals surface area (Å²) in [6.07, 6.45) is 5.46. The molecule has 0 atom stereocenters. The molecule has 0 N–H and O–H groups in total. The number of halogens is 1. The van der Waals surface area contributed by atoms with Crippen LogP contribution in [0, 0.1) is 5.82 Å². The lowest BCUT2D eigenvalue weighted by molar-refractivity contribution is 0.432. The minimum Gasteiger partial charge on any atom is -0.357 e. The van der Waals surface area contributed by atoms with Crippen molar-refractivity contribution in [1.82, 2.24) is 15.1 Å². The summed E-state index contributed by atoms with van der Waals surface area (Å²) < 4.78 is 18.6. The first-order valence-electron chi connectivity index (χ1n) is 8.11. The van der Waals surface area contributed by atoms with Gasteiger partial charge in [0.2, 0.25) is 5.82 Å². The third kappa shape index (κ3) is 2.99. The molecule has 0 unspecified atom stereocenters. The number of pyridine rings is 1. The zero-order valence-electron chi connectivity index (χ0n) is 13.2. The molecule has 0 bridgehead atoms. The van der Waals surface area contributed by atoms with Crippen molar-refractivity contribution in [3.63, 3.8) is 0 Å². The maximum absolute atomic E-state index is 13.3. The van der Waals surface area contributed by atoms with E-state index in [1.807, 2.05) is 12.1 Å². The highest BCUT2D eigenvalue weighted by Gasteiger charge is 2.14. The van der Waals surface area contributed by atoms with Crippen LogP contribution in [0.2, 0.25) is 0 Å². The Morgan fingerprint density at radius 2 is 1.88 bits per heavy atom. The lowest BCUT2D eigenvalue weighted by Crippen LogP contribution is -2.29. The molecule has 0 spiro atoms. The van der Waals surface area contributed by atoms with Crippen LogP contribution < -0.4 is 4.90 Å². The van der Waals surface area contributed by atoms with Gasteiger partial charge in [-0.1, -0.05) is 17.3 Å². The minimum absolute atomic E-state index is 0.327. The second-order valence-electron chi connectivity index (χ2n) is 5.89. The maximum Gasteiger partial charge on any atom is 0.259 e. The Hall–Kier alpha value is -2.76. The number of benzene rings is 1. The molecule has 4 rings (SSSR count). The van der Waals surface area contributed by atoms with Gasteiger partial charge in [0.05, 0.1) is 5.56 Å². The second-order valence-corrected chi connectivity index (χ2v) is 5.89. The number of hydrogen-bond acceptors (Lipinski definition) is 5. The van der Waals surface area contributed by atoms with E-state index in [0.29, 0.717) is 17.3 Å². The average molecular weight is 324 g/mol. The summed E-state index contributed by atoms with van der Waals surface area (Å²) in [7, 11) is 0. The first-order chi connectivity index (χ1) is 11.8. The topological polar surface area (TPSA) is 55.1 Å². The standard InChI is InChI=1S/C18H17FN4O/c19-15-6-4-5-13(11-15)17-21-18(24-22-17)14-7-8-16(20-12-14)23-9-2-1-3-10-23/h4-8,11-12H,1-3,9-10H2. The number of anilines is 1. The van der Waals surface area contributed by atoms with Gasteiger partial charge in [0.15, 0.2) is 0 Å². The predicted octanol–water partition coefficient (Wildman–Crippen LogP) is 3.93. The Morgan fingerprint density at radius 1 is 1.00 bits per heavy atom. The van der Waals surface area contributed by atoms with Crippen LogP contribution in [0.1, 0.15) is 19.3 Å². The Kier molecular flexibility index (Phi) is 3.94. The monoisotopic (exact) mass is 324 g/mol. The fourth-order valence-electron chi connectivity index (χ4n) is 2.91. The van der Waals surface area contributed by atoms with Crippen LogP contribution in [0.15, 0.2) is 47.1 Å². The Balaban J connectivity index is 1.56. The van der Waals surface area contributed by atoms with Gasteiger partial charge < -0.3 is 9.42 Å². The molecule has 24 heavy (non-hydrogen) atoms. The van der Waals surface area contributed by atoms with Crippen LogP contribution >= 0.6 is 0 Å². The third-order valence-corrected chi connectivity index (χ3v) is 4.18. The van der Waals surface area contributed by atoms with Gasteiger partial charge in [0, 0.05) is 24.8 Å². The molecule has 2 aromatic heterocycles. The van der Waals surface area contributed by atoms with Crippen molar-refractivity contribution >= 4 is 5.82 Å². The van der Waals surface area contributed by atoms with Crippen LogP contribution in [0.4, 0.5) is 10.2 Å². The van der Waals surface area contributed by atoms with E-state index >= 15 is 0 Å². The third-order valence-electron chi connectivity index (χ3n) is 4.18. The summed E-state index contributed by atoms with van der Waals surface area (Å²) in [6, 6.07) is 10.0. The van der Waals surface area contributed by atoms with Crippen molar-refractivity contribution in [2.45, 2.75) is 19.3 Å².